The summed E-state index contributed by atoms with van der Waals surface area (Å²) in [5.41, 5.74) is 0.799. The molecule has 0 spiro atoms. The number of carbonyl (C=O) groups is 2. The molecule has 7 nitrogen and oxygen atoms in total. The molecule has 0 N–H and O–H groups in total. The van der Waals surface area contributed by atoms with Gasteiger partial charge in [0.25, 0.3) is 0 Å². The van der Waals surface area contributed by atoms with Gasteiger partial charge in [-0.15, -0.1) is 6.61 Å². The summed E-state index contributed by atoms with van der Waals surface area (Å²) in [5, 5.41) is 10.6. The molecular formula is C19H26N3O4-. The second-order valence-electron chi connectivity index (χ2n) is 7.96. The van der Waals surface area contributed by atoms with Crippen LogP contribution in [0.1, 0.15) is 50.5 Å². The maximum Gasteiger partial charge on any atom is 0.410 e. The van der Waals surface area contributed by atoms with Gasteiger partial charge >= 0.3 is 6.09 Å². The van der Waals surface area contributed by atoms with Crippen molar-refractivity contribution in [3.63, 3.8) is 0 Å². The van der Waals surface area contributed by atoms with E-state index in [4.69, 9.17) is 4.74 Å². The molecule has 1 aromatic heterocycles. The zero-order valence-electron chi connectivity index (χ0n) is 15.6. The molecule has 1 amide bonds. The van der Waals surface area contributed by atoms with E-state index in [-0.39, 0.29) is 30.4 Å². The highest BCUT2D eigenvalue weighted by Crippen LogP contribution is 2.35. The number of ketones is 1. The van der Waals surface area contributed by atoms with Crippen LogP contribution in [0.3, 0.4) is 0 Å². The minimum absolute atomic E-state index is 0.0217. The van der Waals surface area contributed by atoms with E-state index >= 15 is 0 Å². The first-order valence-corrected chi connectivity index (χ1v) is 9.12. The summed E-state index contributed by atoms with van der Waals surface area (Å²) < 4.78 is 5.50. The number of hydrogen-bond donors (Lipinski definition) is 0. The average molecular weight is 360 g/mol. The van der Waals surface area contributed by atoms with Gasteiger partial charge < -0.3 is 19.6 Å². The van der Waals surface area contributed by atoms with Gasteiger partial charge in [0.1, 0.15) is 11.3 Å². The number of carbonyl (C=O) groups excluding carboxylic acids is 2. The molecule has 0 aliphatic carbocycles. The molecule has 0 radical (unpaired) electrons. The lowest BCUT2D eigenvalue weighted by molar-refractivity contribution is -0.365. The van der Waals surface area contributed by atoms with Gasteiger partial charge in [-0.3, -0.25) is 9.78 Å². The van der Waals surface area contributed by atoms with E-state index in [0.717, 1.165) is 18.5 Å². The van der Waals surface area contributed by atoms with Crippen molar-refractivity contribution in [2.24, 2.45) is 0 Å². The summed E-state index contributed by atoms with van der Waals surface area (Å²) in [4.78, 5) is 32.5. The first-order valence-electron chi connectivity index (χ1n) is 9.12. The topological polar surface area (TPSA) is 85.8 Å². The Balaban J connectivity index is 1.68. The number of rotatable bonds is 4. The molecule has 1 aromatic rings. The number of nitrogens with zero attached hydrogens (tertiary/aromatic N) is 3. The van der Waals surface area contributed by atoms with Crippen LogP contribution >= 0.6 is 0 Å². The monoisotopic (exact) mass is 360 g/mol. The Hall–Kier alpha value is -2.15. The molecular weight excluding hydrogens is 334 g/mol. The van der Waals surface area contributed by atoms with Crippen molar-refractivity contribution in [1.29, 1.82) is 0 Å². The standard InChI is InChI=1S/C19H26N3O4/c1-19(2,3)26-18(25)21-11-14-4-5-15(12-21)22(14)13-6-7-16(20-10-13)17(24)8-9-23/h6-7,10,14-15H,4-5,8-9,11-12H2,1-3H3/q-1. The fourth-order valence-electron chi connectivity index (χ4n) is 3.72. The Bertz CT molecular complexity index is 654. The molecule has 2 bridgehead atoms. The molecule has 2 unspecified atom stereocenters. The number of aromatic nitrogens is 1. The molecule has 3 heterocycles. The smallest absolute Gasteiger partial charge is 0.410 e. The fourth-order valence-corrected chi connectivity index (χ4v) is 3.72. The molecule has 0 aromatic carbocycles. The van der Waals surface area contributed by atoms with Gasteiger partial charge in [-0.2, -0.15) is 0 Å². The van der Waals surface area contributed by atoms with E-state index < -0.39 is 12.2 Å². The number of ether oxygens (including phenoxy) is 1. The highest BCUT2D eigenvalue weighted by Gasteiger charge is 2.42. The fraction of sp³-hybridized carbons (Fsp3) is 0.632. The number of Topliss-reactive ketones (excluding diaryl/α,β-unsaturated/α-hetero) is 1. The molecule has 2 aliphatic heterocycles. The Morgan fingerprint density at radius 2 is 1.88 bits per heavy atom. The summed E-state index contributed by atoms with van der Waals surface area (Å²) in [5.74, 6) is -0.218. The highest BCUT2D eigenvalue weighted by molar-refractivity contribution is 5.94. The maximum absolute atomic E-state index is 12.4. The summed E-state index contributed by atoms with van der Waals surface area (Å²) in [7, 11) is 0. The Labute approximate surface area is 153 Å². The molecule has 7 heteroatoms. The van der Waals surface area contributed by atoms with Crippen LogP contribution in [0.15, 0.2) is 18.3 Å². The molecule has 2 aliphatic rings. The summed E-state index contributed by atoms with van der Waals surface area (Å²) in [6.45, 7) is 6.45. The lowest BCUT2D eigenvalue weighted by Gasteiger charge is -2.42. The second kappa shape index (κ2) is 7.23. The molecule has 2 saturated heterocycles. The number of likely N-dealkylation sites (tertiary alicyclic amines) is 1. The molecule has 2 fully saturated rings. The Morgan fingerprint density at radius 1 is 1.23 bits per heavy atom. The average Bonchev–Trinajstić information content (AvgIpc) is 2.83. The predicted molar refractivity (Wildman–Crippen MR) is 95.1 cm³/mol. The van der Waals surface area contributed by atoms with Gasteiger partial charge in [0.2, 0.25) is 0 Å². The first-order chi connectivity index (χ1) is 12.3. The van der Waals surface area contributed by atoms with E-state index in [9.17, 15) is 14.7 Å². The molecule has 26 heavy (non-hydrogen) atoms. The third kappa shape index (κ3) is 3.98. The van der Waals surface area contributed by atoms with Crippen LogP contribution in [0.4, 0.5) is 10.5 Å². The number of amides is 1. The van der Waals surface area contributed by atoms with Gasteiger partial charge in [0.05, 0.1) is 11.9 Å². The third-order valence-corrected chi connectivity index (χ3v) is 4.79. The maximum atomic E-state index is 12.4. The van der Waals surface area contributed by atoms with Crippen LogP contribution < -0.4 is 10.0 Å². The number of pyridine rings is 1. The van der Waals surface area contributed by atoms with E-state index in [1.807, 2.05) is 26.8 Å². The number of fused-ring (bicyclic) bond motifs is 2. The van der Waals surface area contributed by atoms with Gasteiger partial charge in [0.15, 0.2) is 5.78 Å². The normalized spacial score (nSPS) is 22.5. The zero-order chi connectivity index (χ0) is 18.9. The summed E-state index contributed by atoms with van der Waals surface area (Å²) >= 11 is 0. The molecule has 142 valence electrons. The van der Waals surface area contributed by atoms with Crippen molar-refractivity contribution in [1.82, 2.24) is 9.88 Å². The van der Waals surface area contributed by atoms with Crippen molar-refractivity contribution in [3.8, 4) is 0 Å². The molecule has 2 atom stereocenters. The predicted octanol–water partition coefficient (Wildman–Crippen LogP) is 1.60. The van der Waals surface area contributed by atoms with Crippen LogP contribution in [0.25, 0.3) is 0 Å². The van der Waals surface area contributed by atoms with Gasteiger partial charge in [-0.05, 0) is 52.2 Å². The highest BCUT2D eigenvalue weighted by atomic mass is 16.6. The van der Waals surface area contributed by atoms with Crippen molar-refractivity contribution in [3.05, 3.63) is 24.0 Å². The minimum Gasteiger partial charge on any atom is -0.854 e. The van der Waals surface area contributed by atoms with Crippen LogP contribution in [0, 0.1) is 0 Å². The van der Waals surface area contributed by atoms with Crippen LogP contribution in [0.5, 0.6) is 0 Å². The number of hydrogen-bond acceptors (Lipinski definition) is 6. The third-order valence-electron chi connectivity index (χ3n) is 4.79. The van der Waals surface area contributed by atoms with Gasteiger partial charge in [-0.25, -0.2) is 4.79 Å². The summed E-state index contributed by atoms with van der Waals surface area (Å²) in [6.07, 6.45) is 3.45. The van der Waals surface area contributed by atoms with Crippen LogP contribution in [0.2, 0.25) is 0 Å². The van der Waals surface area contributed by atoms with Gasteiger partial charge in [-0.1, -0.05) is 0 Å². The quantitative estimate of drug-likeness (QED) is 0.758. The van der Waals surface area contributed by atoms with E-state index in [1.165, 1.54) is 0 Å². The van der Waals surface area contributed by atoms with E-state index in [1.54, 1.807) is 17.2 Å². The van der Waals surface area contributed by atoms with Crippen LogP contribution in [-0.2, 0) is 4.74 Å². The van der Waals surface area contributed by atoms with Crippen molar-refractivity contribution in [2.75, 3.05) is 24.6 Å². The van der Waals surface area contributed by atoms with Crippen molar-refractivity contribution >= 4 is 17.6 Å². The van der Waals surface area contributed by atoms with E-state index in [2.05, 4.69) is 9.88 Å². The second-order valence-corrected chi connectivity index (χ2v) is 7.96. The largest absolute Gasteiger partial charge is 0.854 e. The van der Waals surface area contributed by atoms with Crippen LogP contribution in [-0.4, -0.2) is 59.1 Å². The van der Waals surface area contributed by atoms with Crippen molar-refractivity contribution < 1.29 is 19.4 Å². The lowest BCUT2D eigenvalue weighted by atomic mass is 10.1. The number of anilines is 1. The minimum atomic E-state index is -0.496. The number of piperazine rings is 1. The van der Waals surface area contributed by atoms with Crippen molar-refractivity contribution in [2.45, 2.75) is 57.7 Å². The Kier molecular flexibility index (Phi) is 5.18. The summed E-state index contributed by atoms with van der Waals surface area (Å²) in [6, 6.07) is 4.03. The Morgan fingerprint density at radius 3 is 2.38 bits per heavy atom. The molecule has 0 saturated carbocycles. The first kappa shape index (κ1) is 18.6. The lowest BCUT2D eigenvalue weighted by Crippen LogP contribution is -2.56. The SMILES string of the molecule is CC(C)(C)OC(=O)N1CC2CCC(C1)N2c1ccc(C(=O)CC[O-])nc1. The van der Waals surface area contributed by atoms with E-state index in [0.29, 0.717) is 18.8 Å². The zero-order valence-corrected chi connectivity index (χ0v) is 15.6. The van der Waals surface area contributed by atoms with Gasteiger partial charge in [0, 0.05) is 25.2 Å². The molecule has 3 rings (SSSR count).